The van der Waals surface area contributed by atoms with Gasteiger partial charge in [-0.15, -0.1) is 23.7 Å². The zero-order valence-corrected chi connectivity index (χ0v) is 17.5. The molecule has 0 aromatic carbocycles. The van der Waals surface area contributed by atoms with Crippen molar-refractivity contribution in [1.29, 1.82) is 0 Å². The van der Waals surface area contributed by atoms with E-state index in [1.807, 2.05) is 9.80 Å². The molecule has 0 saturated carbocycles. The highest BCUT2D eigenvalue weighted by Crippen LogP contribution is 2.30. The lowest BCUT2D eigenvalue weighted by atomic mass is 9.99. The van der Waals surface area contributed by atoms with Crippen LogP contribution in [-0.2, 0) is 17.6 Å². The molecule has 4 rings (SSSR count). The van der Waals surface area contributed by atoms with Crippen molar-refractivity contribution in [2.45, 2.75) is 57.4 Å². The van der Waals surface area contributed by atoms with Crippen LogP contribution in [0.15, 0.2) is 6.07 Å². The molecule has 150 valence electrons. The van der Waals surface area contributed by atoms with Crippen LogP contribution in [0.1, 0.15) is 58.6 Å². The minimum absolute atomic E-state index is 0. The first-order valence-electron chi connectivity index (χ1n) is 10.1. The summed E-state index contributed by atoms with van der Waals surface area (Å²) in [6.07, 6.45) is 9.36. The predicted octanol–water partition coefficient (Wildman–Crippen LogP) is 2.87. The molecule has 1 N–H and O–H groups in total. The van der Waals surface area contributed by atoms with Gasteiger partial charge in [0, 0.05) is 37.1 Å². The molecule has 2 saturated heterocycles. The average molecular weight is 412 g/mol. The maximum absolute atomic E-state index is 13.1. The molecule has 2 amide bonds. The Kier molecular flexibility index (Phi) is 7.17. The molecule has 2 aliphatic heterocycles. The van der Waals surface area contributed by atoms with Crippen LogP contribution in [-0.4, -0.2) is 60.4 Å². The van der Waals surface area contributed by atoms with Crippen LogP contribution in [0.25, 0.3) is 0 Å². The highest BCUT2D eigenvalue weighted by molar-refractivity contribution is 7.14. The molecule has 3 heterocycles. The van der Waals surface area contributed by atoms with Crippen LogP contribution < -0.4 is 5.32 Å². The smallest absolute Gasteiger partial charge is 0.264 e. The molecule has 2 fully saturated rings. The molecule has 7 heteroatoms. The molecule has 0 radical (unpaired) electrons. The fourth-order valence-electron chi connectivity index (χ4n) is 4.51. The molecule has 1 aliphatic carbocycles. The SMILES string of the molecule is Cl.O=C(c1cc2c(s1)CCCCCC2)N1CCCC(N2CCNCC2=O)C1. The fraction of sp³-hybridized carbons (Fsp3) is 0.700. The lowest BCUT2D eigenvalue weighted by Crippen LogP contribution is -2.57. The third-order valence-corrected chi connectivity index (χ3v) is 7.18. The highest BCUT2D eigenvalue weighted by atomic mass is 35.5. The molecular weight excluding hydrogens is 382 g/mol. The number of thiophene rings is 1. The summed E-state index contributed by atoms with van der Waals surface area (Å²) in [6, 6.07) is 2.34. The summed E-state index contributed by atoms with van der Waals surface area (Å²) in [7, 11) is 0. The number of nitrogens with one attached hydrogen (secondary N) is 1. The van der Waals surface area contributed by atoms with E-state index in [2.05, 4.69) is 11.4 Å². The number of likely N-dealkylation sites (tertiary alicyclic amines) is 1. The third-order valence-electron chi connectivity index (χ3n) is 5.96. The van der Waals surface area contributed by atoms with Crippen LogP contribution in [0, 0.1) is 0 Å². The number of rotatable bonds is 2. The molecule has 1 aromatic heterocycles. The van der Waals surface area contributed by atoms with E-state index in [-0.39, 0.29) is 30.3 Å². The van der Waals surface area contributed by atoms with E-state index >= 15 is 0 Å². The van der Waals surface area contributed by atoms with E-state index < -0.39 is 0 Å². The Bertz CT molecular complexity index is 653. The van der Waals surface area contributed by atoms with Crippen molar-refractivity contribution in [1.82, 2.24) is 15.1 Å². The van der Waals surface area contributed by atoms with E-state index in [9.17, 15) is 9.59 Å². The van der Waals surface area contributed by atoms with Gasteiger partial charge in [-0.25, -0.2) is 0 Å². The average Bonchev–Trinajstić information content (AvgIpc) is 3.03. The van der Waals surface area contributed by atoms with Crippen LogP contribution in [0.5, 0.6) is 0 Å². The number of hydrogen-bond acceptors (Lipinski definition) is 4. The zero-order chi connectivity index (χ0) is 17.9. The Balaban J connectivity index is 0.00000210. The lowest BCUT2D eigenvalue weighted by Gasteiger charge is -2.41. The van der Waals surface area contributed by atoms with Crippen molar-refractivity contribution in [2.24, 2.45) is 0 Å². The standard InChI is InChI=1S/C20H29N3O2S.ClH/c24-19-13-21-9-11-23(19)16-7-5-10-22(14-16)20(25)18-12-15-6-3-1-2-4-8-17(15)26-18;/h12,16,21H,1-11,13-14H2;1H. The molecule has 1 aromatic rings. The molecular formula is C20H30ClN3O2S. The second-order valence-corrected chi connectivity index (χ2v) is 8.92. The summed E-state index contributed by atoms with van der Waals surface area (Å²) in [5, 5.41) is 3.13. The van der Waals surface area contributed by atoms with Crippen LogP contribution in [0.2, 0.25) is 0 Å². The van der Waals surface area contributed by atoms with Gasteiger partial charge in [0.1, 0.15) is 0 Å². The Morgan fingerprint density at radius 3 is 2.74 bits per heavy atom. The van der Waals surface area contributed by atoms with Crippen molar-refractivity contribution >= 4 is 35.6 Å². The number of piperazine rings is 1. The largest absolute Gasteiger partial charge is 0.336 e. The lowest BCUT2D eigenvalue weighted by molar-refractivity contribution is -0.135. The van der Waals surface area contributed by atoms with Gasteiger partial charge in [-0.3, -0.25) is 9.59 Å². The quantitative estimate of drug-likeness (QED) is 0.814. The molecule has 1 unspecified atom stereocenters. The second kappa shape index (κ2) is 9.39. The molecule has 5 nitrogen and oxygen atoms in total. The topological polar surface area (TPSA) is 52.7 Å². The number of nitrogens with zero attached hydrogens (tertiary/aromatic N) is 2. The number of carbonyl (C=O) groups is 2. The van der Waals surface area contributed by atoms with Gasteiger partial charge in [-0.1, -0.05) is 12.8 Å². The summed E-state index contributed by atoms with van der Waals surface area (Å²) < 4.78 is 0. The van der Waals surface area contributed by atoms with E-state index in [1.165, 1.54) is 36.1 Å². The summed E-state index contributed by atoms with van der Waals surface area (Å²) in [6.45, 7) is 3.56. The molecule has 0 spiro atoms. The van der Waals surface area contributed by atoms with Crippen molar-refractivity contribution < 1.29 is 9.59 Å². The van der Waals surface area contributed by atoms with Crippen LogP contribution >= 0.6 is 23.7 Å². The zero-order valence-electron chi connectivity index (χ0n) is 15.9. The minimum Gasteiger partial charge on any atom is -0.336 e. The van der Waals surface area contributed by atoms with Gasteiger partial charge >= 0.3 is 0 Å². The molecule has 0 bridgehead atoms. The van der Waals surface area contributed by atoms with Gasteiger partial charge in [0.05, 0.1) is 11.4 Å². The number of amides is 2. The van der Waals surface area contributed by atoms with Gasteiger partial charge in [-0.2, -0.15) is 0 Å². The number of aryl methyl sites for hydroxylation is 2. The van der Waals surface area contributed by atoms with Crippen LogP contribution in [0.4, 0.5) is 0 Å². The first-order chi connectivity index (χ1) is 12.7. The highest BCUT2D eigenvalue weighted by Gasteiger charge is 2.32. The molecule has 3 aliphatic rings. The second-order valence-electron chi connectivity index (χ2n) is 7.78. The first kappa shape index (κ1) is 20.6. The van der Waals surface area contributed by atoms with E-state index in [0.717, 1.165) is 50.2 Å². The summed E-state index contributed by atoms with van der Waals surface area (Å²) in [5.41, 5.74) is 1.41. The van der Waals surface area contributed by atoms with Crippen molar-refractivity contribution in [2.75, 3.05) is 32.7 Å². The molecule has 27 heavy (non-hydrogen) atoms. The van der Waals surface area contributed by atoms with Crippen molar-refractivity contribution in [3.63, 3.8) is 0 Å². The number of fused-ring (bicyclic) bond motifs is 1. The summed E-state index contributed by atoms with van der Waals surface area (Å²) in [5.74, 6) is 0.351. The normalized spacial score (nSPS) is 23.9. The number of piperidine rings is 1. The van der Waals surface area contributed by atoms with Gasteiger partial charge in [0.25, 0.3) is 5.91 Å². The van der Waals surface area contributed by atoms with Crippen molar-refractivity contribution in [3.8, 4) is 0 Å². The van der Waals surface area contributed by atoms with E-state index in [0.29, 0.717) is 13.1 Å². The Hall–Kier alpha value is -1.11. The maximum atomic E-state index is 13.1. The number of halogens is 1. The maximum Gasteiger partial charge on any atom is 0.264 e. The van der Waals surface area contributed by atoms with Gasteiger partial charge < -0.3 is 15.1 Å². The Morgan fingerprint density at radius 1 is 1.11 bits per heavy atom. The molecule has 1 atom stereocenters. The minimum atomic E-state index is 0. The summed E-state index contributed by atoms with van der Waals surface area (Å²) >= 11 is 1.72. The summed E-state index contributed by atoms with van der Waals surface area (Å²) in [4.78, 5) is 31.6. The Morgan fingerprint density at radius 2 is 1.93 bits per heavy atom. The predicted molar refractivity (Wildman–Crippen MR) is 111 cm³/mol. The van der Waals surface area contributed by atoms with E-state index in [1.54, 1.807) is 11.3 Å². The number of carbonyl (C=O) groups excluding carboxylic acids is 2. The monoisotopic (exact) mass is 411 g/mol. The third kappa shape index (κ3) is 4.66. The van der Waals surface area contributed by atoms with Crippen molar-refractivity contribution in [3.05, 3.63) is 21.4 Å². The first-order valence-corrected chi connectivity index (χ1v) is 10.9. The van der Waals surface area contributed by atoms with Gasteiger partial charge in [-0.05, 0) is 50.2 Å². The van der Waals surface area contributed by atoms with E-state index in [4.69, 9.17) is 0 Å². The fourth-order valence-corrected chi connectivity index (χ4v) is 5.73. The number of hydrogen-bond donors (Lipinski definition) is 1. The Labute approximate surface area is 171 Å². The van der Waals surface area contributed by atoms with Crippen LogP contribution in [0.3, 0.4) is 0 Å². The van der Waals surface area contributed by atoms with Gasteiger partial charge in [0.15, 0.2) is 0 Å². The van der Waals surface area contributed by atoms with Gasteiger partial charge in [0.2, 0.25) is 5.91 Å².